The van der Waals surface area contributed by atoms with Crippen molar-refractivity contribution in [1.82, 2.24) is 0 Å². The van der Waals surface area contributed by atoms with Crippen LogP contribution in [0.1, 0.15) is 5.56 Å². The second-order valence-corrected chi connectivity index (χ2v) is 3.02. The largest absolute Gasteiger partial charge is 0.508 e. The van der Waals surface area contributed by atoms with E-state index < -0.39 is 0 Å². The van der Waals surface area contributed by atoms with Crippen molar-refractivity contribution in [1.29, 1.82) is 5.26 Å². The van der Waals surface area contributed by atoms with Gasteiger partial charge >= 0.3 is 0 Å². The van der Waals surface area contributed by atoms with Crippen LogP contribution in [0.25, 0.3) is 6.08 Å². The van der Waals surface area contributed by atoms with E-state index in [1.165, 1.54) is 6.08 Å². The molecule has 0 bridgehead atoms. The molecule has 0 unspecified atom stereocenters. The zero-order valence-corrected chi connectivity index (χ0v) is 7.75. The second kappa shape index (κ2) is 3.93. The number of aromatic hydroxyl groups is 1. The van der Waals surface area contributed by atoms with Gasteiger partial charge in [-0.3, -0.25) is 0 Å². The first-order chi connectivity index (χ1) is 5.74. The van der Waals surface area contributed by atoms with Crippen LogP contribution in [0.4, 0.5) is 0 Å². The Kier molecular flexibility index (Phi) is 2.89. The Hall–Kier alpha value is -1.27. The molecule has 0 aliphatic rings. The van der Waals surface area contributed by atoms with Crippen LogP contribution in [0.5, 0.6) is 5.75 Å². The maximum Gasteiger partial charge on any atom is 0.116 e. The van der Waals surface area contributed by atoms with Crippen LogP contribution in [0.2, 0.25) is 0 Å². The first-order valence-corrected chi connectivity index (χ1v) is 4.08. The normalized spacial score (nSPS) is 10.0. The number of phenols is 1. The van der Waals surface area contributed by atoms with E-state index >= 15 is 0 Å². The number of hydrogen-bond donors (Lipinski definition) is 1. The molecule has 12 heavy (non-hydrogen) atoms. The fraction of sp³-hybridized carbons (Fsp3) is 0. The molecule has 0 radical (unpaired) electrons. The number of nitriles is 1. The number of phenolic OH excluding ortho intramolecular Hbond substituents is 1. The van der Waals surface area contributed by atoms with Crippen LogP contribution in [-0.4, -0.2) is 5.11 Å². The van der Waals surface area contributed by atoms with Crippen molar-refractivity contribution in [3.8, 4) is 11.8 Å². The zero-order valence-electron chi connectivity index (χ0n) is 6.16. The van der Waals surface area contributed by atoms with Crippen molar-refractivity contribution < 1.29 is 5.11 Å². The van der Waals surface area contributed by atoms with Crippen molar-refractivity contribution in [3.63, 3.8) is 0 Å². The smallest absolute Gasteiger partial charge is 0.116 e. The van der Waals surface area contributed by atoms with Gasteiger partial charge in [0.1, 0.15) is 5.75 Å². The third-order valence-electron chi connectivity index (χ3n) is 1.32. The Morgan fingerprint density at radius 2 is 2.25 bits per heavy atom. The van der Waals surface area contributed by atoms with Crippen molar-refractivity contribution in [2.75, 3.05) is 0 Å². The van der Waals surface area contributed by atoms with Gasteiger partial charge in [-0.2, -0.15) is 5.26 Å². The molecule has 0 spiro atoms. The van der Waals surface area contributed by atoms with Crippen LogP contribution in [0.15, 0.2) is 28.7 Å². The lowest BCUT2D eigenvalue weighted by molar-refractivity contribution is 0.475. The van der Waals surface area contributed by atoms with E-state index in [1.54, 1.807) is 24.3 Å². The molecule has 60 valence electrons. The van der Waals surface area contributed by atoms with Crippen molar-refractivity contribution in [3.05, 3.63) is 34.3 Å². The lowest BCUT2D eigenvalue weighted by atomic mass is 10.2. The summed E-state index contributed by atoms with van der Waals surface area (Å²) < 4.78 is 0.854. The average molecular weight is 224 g/mol. The van der Waals surface area contributed by atoms with E-state index in [1.807, 2.05) is 6.07 Å². The summed E-state index contributed by atoms with van der Waals surface area (Å²) in [6.07, 6.45) is 2.99. The quantitative estimate of drug-likeness (QED) is 0.745. The molecule has 2 nitrogen and oxygen atoms in total. The van der Waals surface area contributed by atoms with Gasteiger partial charge in [0.2, 0.25) is 0 Å². The third kappa shape index (κ3) is 2.11. The number of hydrogen-bond acceptors (Lipinski definition) is 2. The van der Waals surface area contributed by atoms with Gasteiger partial charge in [0.15, 0.2) is 0 Å². The first kappa shape index (κ1) is 8.82. The standard InChI is InChI=1S/C9H6BrNO/c10-9-4-3-8(12)6-7(9)2-1-5-11/h1-4,6,12H. The summed E-state index contributed by atoms with van der Waals surface area (Å²) in [4.78, 5) is 0. The molecular formula is C9H6BrNO. The molecule has 3 heteroatoms. The number of allylic oxidation sites excluding steroid dienone is 1. The van der Waals surface area contributed by atoms with Gasteiger partial charge in [0.05, 0.1) is 6.07 Å². The topological polar surface area (TPSA) is 44.0 Å². The predicted octanol–water partition coefficient (Wildman–Crippen LogP) is 2.69. The monoisotopic (exact) mass is 223 g/mol. The number of nitrogens with zero attached hydrogens (tertiary/aromatic N) is 1. The minimum Gasteiger partial charge on any atom is -0.508 e. The van der Waals surface area contributed by atoms with Gasteiger partial charge in [-0.1, -0.05) is 15.9 Å². The maximum absolute atomic E-state index is 9.10. The molecule has 0 fully saturated rings. The number of halogens is 1. The van der Waals surface area contributed by atoms with Crippen LogP contribution < -0.4 is 0 Å². The summed E-state index contributed by atoms with van der Waals surface area (Å²) in [6, 6.07) is 6.77. The Bertz CT molecular complexity index is 352. The lowest BCUT2D eigenvalue weighted by Crippen LogP contribution is -1.74. The lowest BCUT2D eigenvalue weighted by Gasteiger charge is -1.97. The minimum absolute atomic E-state index is 0.191. The van der Waals surface area contributed by atoms with E-state index in [9.17, 15) is 0 Å². The zero-order chi connectivity index (χ0) is 8.97. The molecular weight excluding hydrogens is 218 g/mol. The molecule has 0 atom stereocenters. The van der Waals surface area contributed by atoms with E-state index in [4.69, 9.17) is 10.4 Å². The first-order valence-electron chi connectivity index (χ1n) is 3.28. The highest BCUT2D eigenvalue weighted by molar-refractivity contribution is 9.10. The van der Waals surface area contributed by atoms with Crippen molar-refractivity contribution in [2.24, 2.45) is 0 Å². The Morgan fingerprint density at radius 1 is 1.50 bits per heavy atom. The molecule has 0 amide bonds. The number of benzene rings is 1. The summed E-state index contributed by atoms with van der Waals surface area (Å²) in [7, 11) is 0. The van der Waals surface area contributed by atoms with Crippen molar-refractivity contribution in [2.45, 2.75) is 0 Å². The molecule has 0 saturated carbocycles. The van der Waals surface area contributed by atoms with E-state index in [2.05, 4.69) is 15.9 Å². The minimum atomic E-state index is 0.191. The number of rotatable bonds is 1. The van der Waals surface area contributed by atoms with E-state index in [0.717, 1.165) is 10.0 Å². The van der Waals surface area contributed by atoms with Gasteiger partial charge in [-0.05, 0) is 29.8 Å². The third-order valence-corrected chi connectivity index (χ3v) is 2.04. The fourth-order valence-corrected chi connectivity index (χ4v) is 1.16. The van der Waals surface area contributed by atoms with Crippen molar-refractivity contribution >= 4 is 22.0 Å². The van der Waals surface area contributed by atoms with Gasteiger partial charge in [0.25, 0.3) is 0 Å². The molecule has 1 N–H and O–H groups in total. The fourth-order valence-electron chi connectivity index (χ4n) is 0.786. The predicted molar refractivity (Wildman–Crippen MR) is 50.5 cm³/mol. The molecule has 0 aromatic heterocycles. The SMILES string of the molecule is N#CC=Cc1cc(O)ccc1Br. The molecule has 1 aromatic rings. The molecule has 0 aliphatic heterocycles. The van der Waals surface area contributed by atoms with Gasteiger partial charge in [0, 0.05) is 10.5 Å². The highest BCUT2D eigenvalue weighted by Crippen LogP contribution is 2.22. The van der Waals surface area contributed by atoms with Crippen LogP contribution in [-0.2, 0) is 0 Å². The van der Waals surface area contributed by atoms with Crippen LogP contribution in [0.3, 0.4) is 0 Å². The highest BCUT2D eigenvalue weighted by Gasteiger charge is 1.96. The van der Waals surface area contributed by atoms with Crippen LogP contribution >= 0.6 is 15.9 Å². The van der Waals surface area contributed by atoms with E-state index in [-0.39, 0.29) is 5.75 Å². The summed E-state index contributed by atoms with van der Waals surface area (Å²) >= 11 is 3.29. The van der Waals surface area contributed by atoms with Gasteiger partial charge < -0.3 is 5.11 Å². The molecule has 0 aliphatic carbocycles. The molecule has 0 heterocycles. The Labute approximate surface area is 78.9 Å². The Balaban J connectivity index is 3.07. The molecule has 0 saturated heterocycles. The summed E-state index contributed by atoms with van der Waals surface area (Å²) in [6.45, 7) is 0. The molecule has 1 aromatic carbocycles. The van der Waals surface area contributed by atoms with Gasteiger partial charge in [-0.15, -0.1) is 0 Å². The Morgan fingerprint density at radius 3 is 2.92 bits per heavy atom. The second-order valence-electron chi connectivity index (χ2n) is 2.17. The summed E-state index contributed by atoms with van der Waals surface area (Å²) in [5, 5.41) is 17.4. The van der Waals surface area contributed by atoms with Gasteiger partial charge in [-0.25, -0.2) is 0 Å². The highest BCUT2D eigenvalue weighted by atomic mass is 79.9. The van der Waals surface area contributed by atoms with Crippen LogP contribution in [0, 0.1) is 11.3 Å². The summed E-state index contributed by atoms with van der Waals surface area (Å²) in [5.41, 5.74) is 0.788. The van der Waals surface area contributed by atoms with E-state index in [0.29, 0.717) is 0 Å². The average Bonchev–Trinajstić information content (AvgIpc) is 2.07. The summed E-state index contributed by atoms with van der Waals surface area (Å²) in [5.74, 6) is 0.191. The molecule has 1 rings (SSSR count). The maximum atomic E-state index is 9.10.